The van der Waals surface area contributed by atoms with E-state index in [1.54, 1.807) is 17.7 Å². The first-order valence-electron chi connectivity index (χ1n) is 7.88. The van der Waals surface area contributed by atoms with Gasteiger partial charge in [0.2, 0.25) is 5.91 Å². The van der Waals surface area contributed by atoms with Crippen molar-refractivity contribution in [2.75, 3.05) is 13.1 Å². The van der Waals surface area contributed by atoms with Crippen molar-refractivity contribution in [3.8, 4) is 0 Å². The number of rotatable bonds is 5. The van der Waals surface area contributed by atoms with E-state index in [1.807, 2.05) is 16.5 Å². The number of likely N-dealkylation sites (tertiary alicyclic amines) is 1. The SMILES string of the molecule is Cn1cnnc1C1CCCN(C(=O)CCCc2cccs2)C1. The van der Waals surface area contributed by atoms with Gasteiger partial charge in [-0.2, -0.15) is 0 Å². The Balaban J connectivity index is 1.51. The normalized spacial score (nSPS) is 18.6. The fourth-order valence-corrected chi connectivity index (χ4v) is 3.85. The largest absolute Gasteiger partial charge is 0.342 e. The van der Waals surface area contributed by atoms with Crippen molar-refractivity contribution in [1.82, 2.24) is 19.7 Å². The predicted octanol–water partition coefficient (Wildman–Crippen LogP) is 2.61. The van der Waals surface area contributed by atoms with E-state index in [2.05, 4.69) is 27.7 Å². The summed E-state index contributed by atoms with van der Waals surface area (Å²) in [6.07, 6.45) is 6.45. The maximum Gasteiger partial charge on any atom is 0.222 e. The van der Waals surface area contributed by atoms with E-state index in [1.165, 1.54) is 4.88 Å². The molecule has 1 aliphatic rings. The molecule has 0 saturated carbocycles. The molecule has 0 radical (unpaired) electrons. The molecule has 0 spiro atoms. The lowest BCUT2D eigenvalue weighted by molar-refractivity contribution is -0.132. The van der Waals surface area contributed by atoms with Gasteiger partial charge in [0, 0.05) is 37.4 Å². The molecule has 0 aliphatic carbocycles. The van der Waals surface area contributed by atoms with E-state index in [-0.39, 0.29) is 5.91 Å². The van der Waals surface area contributed by atoms with Crippen molar-refractivity contribution < 1.29 is 4.79 Å². The zero-order valence-corrected chi connectivity index (χ0v) is 13.8. The van der Waals surface area contributed by atoms with Crippen LogP contribution in [0.5, 0.6) is 0 Å². The van der Waals surface area contributed by atoms with Crippen LogP contribution in [0.1, 0.15) is 42.3 Å². The van der Waals surface area contributed by atoms with Gasteiger partial charge in [-0.05, 0) is 37.1 Å². The molecule has 1 amide bonds. The molecule has 1 unspecified atom stereocenters. The van der Waals surface area contributed by atoms with Gasteiger partial charge < -0.3 is 9.47 Å². The van der Waals surface area contributed by atoms with E-state index in [0.29, 0.717) is 12.3 Å². The first-order valence-corrected chi connectivity index (χ1v) is 8.76. The molecule has 5 nitrogen and oxygen atoms in total. The molecule has 118 valence electrons. The summed E-state index contributed by atoms with van der Waals surface area (Å²) < 4.78 is 1.97. The van der Waals surface area contributed by atoms with Crippen LogP contribution in [-0.2, 0) is 18.3 Å². The lowest BCUT2D eigenvalue weighted by atomic mass is 9.96. The van der Waals surface area contributed by atoms with Crippen LogP contribution in [0.2, 0.25) is 0 Å². The Morgan fingerprint density at radius 1 is 1.50 bits per heavy atom. The third kappa shape index (κ3) is 3.55. The fraction of sp³-hybridized carbons (Fsp3) is 0.562. The number of carbonyl (C=O) groups is 1. The van der Waals surface area contributed by atoms with Gasteiger partial charge >= 0.3 is 0 Å². The molecule has 0 bridgehead atoms. The second-order valence-electron chi connectivity index (χ2n) is 5.91. The quantitative estimate of drug-likeness (QED) is 0.851. The van der Waals surface area contributed by atoms with Gasteiger partial charge in [0.15, 0.2) is 0 Å². The van der Waals surface area contributed by atoms with Crippen molar-refractivity contribution in [3.05, 3.63) is 34.5 Å². The average molecular weight is 318 g/mol. The number of amides is 1. The molecule has 22 heavy (non-hydrogen) atoms. The van der Waals surface area contributed by atoms with Crippen molar-refractivity contribution in [2.24, 2.45) is 7.05 Å². The minimum Gasteiger partial charge on any atom is -0.342 e. The lowest BCUT2D eigenvalue weighted by Gasteiger charge is -2.32. The molecular formula is C16H22N4OS. The van der Waals surface area contributed by atoms with Crippen LogP contribution in [0.15, 0.2) is 23.8 Å². The molecule has 2 aromatic rings. The molecule has 0 N–H and O–H groups in total. The Bertz CT molecular complexity index is 607. The second-order valence-corrected chi connectivity index (χ2v) is 6.94. The smallest absolute Gasteiger partial charge is 0.222 e. The zero-order chi connectivity index (χ0) is 15.4. The van der Waals surface area contributed by atoms with E-state index in [4.69, 9.17) is 0 Å². The minimum atomic E-state index is 0.281. The van der Waals surface area contributed by atoms with Crippen LogP contribution in [0.4, 0.5) is 0 Å². The molecule has 6 heteroatoms. The molecule has 2 aromatic heterocycles. The molecule has 3 rings (SSSR count). The van der Waals surface area contributed by atoms with Crippen LogP contribution in [0.3, 0.4) is 0 Å². The fourth-order valence-electron chi connectivity index (χ4n) is 3.10. The maximum atomic E-state index is 12.4. The summed E-state index contributed by atoms with van der Waals surface area (Å²) in [5.74, 6) is 1.60. The van der Waals surface area contributed by atoms with Crippen LogP contribution in [0.25, 0.3) is 0 Å². The number of hydrogen-bond acceptors (Lipinski definition) is 4. The molecule has 1 atom stereocenters. The average Bonchev–Trinajstić information content (AvgIpc) is 3.19. The zero-order valence-electron chi connectivity index (χ0n) is 12.9. The van der Waals surface area contributed by atoms with Crippen LogP contribution < -0.4 is 0 Å². The predicted molar refractivity (Wildman–Crippen MR) is 86.8 cm³/mol. The highest BCUT2D eigenvalue weighted by Crippen LogP contribution is 2.25. The lowest BCUT2D eigenvalue weighted by Crippen LogP contribution is -2.39. The standard InChI is InChI=1S/C16H22N4OS/c1-19-12-17-18-16(19)13-5-3-9-20(11-13)15(21)8-2-6-14-7-4-10-22-14/h4,7,10,12-13H,2-3,5-6,8-9,11H2,1H3. The summed E-state index contributed by atoms with van der Waals surface area (Å²) in [5.41, 5.74) is 0. The molecule has 3 heterocycles. The maximum absolute atomic E-state index is 12.4. The number of aromatic nitrogens is 3. The van der Waals surface area contributed by atoms with Gasteiger partial charge in [0.25, 0.3) is 0 Å². The number of carbonyl (C=O) groups excluding carboxylic acids is 1. The first kappa shape index (κ1) is 15.2. The second kappa shape index (κ2) is 7.05. The highest BCUT2D eigenvalue weighted by molar-refractivity contribution is 7.09. The summed E-state index contributed by atoms with van der Waals surface area (Å²) in [7, 11) is 1.97. The topological polar surface area (TPSA) is 51.0 Å². The van der Waals surface area contributed by atoms with Gasteiger partial charge in [-0.15, -0.1) is 21.5 Å². The molecule has 1 fully saturated rings. The number of aryl methyl sites for hydroxylation is 2. The number of thiophene rings is 1. The summed E-state index contributed by atoms with van der Waals surface area (Å²) in [5, 5.41) is 10.3. The highest BCUT2D eigenvalue weighted by Gasteiger charge is 2.27. The van der Waals surface area contributed by atoms with E-state index in [9.17, 15) is 4.79 Å². The van der Waals surface area contributed by atoms with Crippen molar-refractivity contribution in [1.29, 1.82) is 0 Å². The number of piperidine rings is 1. The van der Waals surface area contributed by atoms with Gasteiger partial charge in [0.05, 0.1) is 0 Å². The van der Waals surface area contributed by atoms with E-state index in [0.717, 1.165) is 44.6 Å². The van der Waals surface area contributed by atoms with E-state index >= 15 is 0 Å². The number of hydrogen-bond donors (Lipinski definition) is 0. The summed E-state index contributed by atoms with van der Waals surface area (Å²) in [6.45, 7) is 1.66. The van der Waals surface area contributed by atoms with Gasteiger partial charge in [-0.25, -0.2) is 0 Å². The Kier molecular flexibility index (Phi) is 4.87. The van der Waals surface area contributed by atoms with Gasteiger partial charge in [-0.3, -0.25) is 4.79 Å². The van der Waals surface area contributed by atoms with Gasteiger partial charge in [0.1, 0.15) is 12.2 Å². The van der Waals surface area contributed by atoms with Crippen molar-refractivity contribution in [3.63, 3.8) is 0 Å². The van der Waals surface area contributed by atoms with Gasteiger partial charge in [-0.1, -0.05) is 6.07 Å². The molecular weight excluding hydrogens is 296 g/mol. The minimum absolute atomic E-state index is 0.281. The molecule has 1 aliphatic heterocycles. The summed E-state index contributed by atoms with van der Waals surface area (Å²) in [6, 6.07) is 4.21. The third-order valence-corrected chi connectivity index (χ3v) is 5.22. The highest BCUT2D eigenvalue weighted by atomic mass is 32.1. The van der Waals surface area contributed by atoms with Crippen LogP contribution in [-0.4, -0.2) is 38.7 Å². The van der Waals surface area contributed by atoms with E-state index < -0.39 is 0 Å². The van der Waals surface area contributed by atoms with Crippen molar-refractivity contribution >= 4 is 17.2 Å². The molecule has 1 saturated heterocycles. The summed E-state index contributed by atoms with van der Waals surface area (Å²) in [4.78, 5) is 15.8. The Morgan fingerprint density at radius 2 is 2.41 bits per heavy atom. The Labute approximate surface area is 135 Å². The third-order valence-electron chi connectivity index (χ3n) is 4.28. The Hall–Kier alpha value is -1.69. The Morgan fingerprint density at radius 3 is 3.14 bits per heavy atom. The molecule has 0 aromatic carbocycles. The van der Waals surface area contributed by atoms with Crippen LogP contribution in [0, 0.1) is 0 Å². The number of nitrogens with zero attached hydrogens (tertiary/aromatic N) is 4. The first-order chi connectivity index (χ1) is 10.7. The monoisotopic (exact) mass is 318 g/mol. The summed E-state index contributed by atoms with van der Waals surface area (Å²) >= 11 is 1.77. The van der Waals surface area contributed by atoms with Crippen LogP contribution >= 0.6 is 11.3 Å². The van der Waals surface area contributed by atoms with Crippen molar-refractivity contribution in [2.45, 2.75) is 38.0 Å².